The second-order valence-electron chi connectivity index (χ2n) is 5.22. The monoisotopic (exact) mass is 285 g/mol. The van der Waals surface area contributed by atoms with Crippen LogP contribution >= 0.6 is 0 Å². The number of rotatable bonds is 4. The van der Waals surface area contributed by atoms with Crippen molar-refractivity contribution in [2.45, 2.75) is 19.8 Å². The van der Waals surface area contributed by atoms with Crippen molar-refractivity contribution in [1.29, 1.82) is 0 Å². The van der Waals surface area contributed by atoms with Gasteiger partial charge in [0.1, 0.15) is 0 Å². The van der Waals surface area contributed by atoms with Crippen molar-refractivity contribution in [2.24, 2.45) is 0 Å². The van der Waals surface area contributed by atoms with Crippen LogP contribution in [-0.4, -0.2) is 18.0 Å². The Morgan fingerprint density at radius 2 is 1.81 bits per heavy atom. The highest BCUT2D eigenvalue weighted by Gasteiger charge is 2.16. The van der Waals surface area contributed by atoms with E-state index < -0.39 is 0 Å². The number of nitrogens with two attached hydrogens (primary N) is 1. The highest BCUT2D eigenvalue weighted by molar-refractivity contribution is 6.12. The lowest BCUT2D eigenvalue weighted by atomic mass is 9.97. The number of anilines is 1. The van der Waals surface area contributed by atoms with Gasteiger partial charge < -0.3 is 15.6 Å². The number of phenols is 1. The molecule has 0 radical (unpaired) electrons. The average Bonchev–Trinajstić information content (AvgIpc) is 2.47. The van der Waals surface area contributed by atoms with E-state index in [1.807, 2.05) is 12.1 Å². The summed E-state index contributed by atoms with van der Waals surface area (Å²) in [5.41, 5.74) is 8.10. The summed E-state index contributed by atoms with van der Waals surface area (Å²) in [5, 5.41) is 9.65. The fourth-order valence-corrected chi connectivity index (χ4v) is 2.12. The maximum atomic E-state index is 12.5. The van der Waals surface area contributed by atoms with Crippen LogP contribution in [0.2, 0.25) is 0 Å². The molecule has 0 bridgehead atoms. The molecule has 0 saturated heterocycles. The van der Waals surface area contributed by atoms with Crippen LogP contribution in [0.3, 0.4) is 0 Å². The van der Waals surface area contributed by atoms with E-state index in [4.69, 9.17) is 10.5 Å². The van der Waals surface area contributed by atoms with Gasteiger partial charge in [-0.15, -0.1) is 0 Å². The van der Waals surface area contributed by atoms with Crippen molar-refractivity contribution in [3.8, 4) is 11.5 Å². The first-order valence-electron chi connectivity index (χ1n) is 6.75. The molecule has 0 aliphatic carbocycles. The molecule has 0 aromatic heterocycles. The number of carbonyl (C=O) groups is 1. The van der Waals surface area contributed by atoms with E-state index in [0.29, 0.717) is 17.0 Å². The van der Waals surface area contributed by atoms with Gasteiger partial charge in [0.2, 0.25) is 0 Å². The SMILES string of the molecule is COc1cc(C(=O)c2ccc(C(C)C)cc2)c(N)cc1O. The van der Waals surface area contributed by atoms with Crippen molar-refractivity contribution in [2.75, 3.05) is 12.8 Å². The maximum absolute atomic E-state index is 12.5. The third-order valence-corrected chi connectivity index (χ3v) is 3.44. The van der Waals surface area contributed by atoms with Crippen LogP contribution in [0.15, 0.2) is 36.4 Å². The van der Waals surface area contributed by atoms with E-state index in [-0.39, 0.29) is 23.0 Å². The van der Waals surface area contributed by atoms with Crippen molar-refractivity contribution >= 4 is 11.5 Å². The molecular weight excluding hydrogens is 266 g/mol. The zero-order valence-electron chi connectivity index (χ0n) is 12.4. The van der Waals surface area contributed by atoms with E-state index in [9.17, 15) is 9.90 Å². The number of nitrogen functional groups attached to an aromatic ring is 1. The number of carbonyl (C=O) groups excluding carboxylic acids is 1. The van der Waals surface area contributed by atoms with E-state index in [1.54, 1.807) is 12.1 Å². The average molecular weight is 285 g/mol. The fourth-order valence-electron chi connectivity index (χ4n) is 2.12. The molecule has 0 amide bonds. The van der Waals surface area contributed by atoms with E-state index >= 15 is 0 Å². The van der Waals surface area contributed by atoms with E-state index in [0.717, 1.165) is 0 Å². The minimum Gasteiger partial charge on any atom is -0.504 e. The van der Waals surface area contributed by atoms with Crippen molar-refractivity contribution in [3.63, 3.8) is 0 Å². The van der Waals surface area contributed by atoms with Crippen LogP contribution in [0, 0.1) is 0 Å². The first kappa shape index (κ1) is 14.9. The normalized spacial score (nSPS) is 10.7. The molecule has 0 saturated carbocycles. The molecule has 0 heterocycles. The number of hydrogen-bond donors (Lipinski definition) is 2. The highest BCUT2D eigenvalue weighted by atomic mass is 16.5. The molecule has 3 N–H and O–H groups in total. The molecule has 0 unspecified atom stereocenters. The van der Waals surface area contributed by atoms with Crippen molar-refractivity contribution in [1.82, 2.24) is 0 Å². The Hall–Kier alpha value is -2.49. The quantitative estimate of drug-likeness (QED) is 0.667. The van der Waals surface area contributed by atoms with Crippen LogP contribution in [0.4, 0.5) is 5.69 Å². The standard InChI is InChI=1S/C17H19NO3/c1-10(2)11-4-6-12(7-5-11)17(20)13-8-16(21-3)15(19)9-14(13)18/h4-10,19H,18H2,1-3H3. The summed E-state index contributed by atoms with van der Waals surface area (Å²) in [4.78, 5) is 12.5. The smallest absolute Gasteiger partial charge is 0.195 e. The molecular formula is C17H19NO3. The zero-order valence-corrected chi connectivity index (χ0v) is 12.4. The predicted octanol–water partition coefficient (Wildman–Crippen LogP) is 3.34. The maximum Gasteiger partial charge on any atom is 0.195 e. The summed E-state index contributed by atoms with van der Waals surface area (Å²) >= 11 is 0. The van der Waals surface area contributed by atoms with Crippen LogP contribution in [0.25, 0.3) is 0 Å². The molecule has 0 atom stereocenters. The van der Waals surface area contributed by atoms with E-state index in [2.05, 4.69) is 13.8 Å². The summed E-state index contributed by atoms with van der Waals surface area (Å²) in [6, 6.07) is 10.2. The van der Waals surface area contributed by atoms with Gasteiger partial charge in [-0.3, -0.25) is 4.79 Å². The lowest BCUT2D eigenvalue weighted by Gasteiger charge is -2.10. The fraction of sp³-hybridized carbons (Fsp3) is 0.235. The Bertz CT molecular complexity index is 660. The van der Waals surface area contributed by atoms with Gasteiger partial charge in [-0.05, 0) is 17.5 Å². The first-order valence-corrected chi connectivity index (χ1v) is 6.75. The van der Waals surface area contributed by atoms with Crippen LogP contribution in [-0.2, 0) is 0 Å². The van der Waals surface area contributed by atoms with Crippen LogP contribution < -0.4 is 10.5 Å². The molecule has 110 valence electrons. The first-order chi connectivity index (χ1) is 9.93. The number of ether oxygens (including phenoxy) is 1. The number of methoxy groups -OCH3 is 1. The van der Waals surface area contributed by atoms with Gasteiger partial charge in [0, 0.05) is 22.9 Å². The summed E-state index contributed by atoms with van der Waals surface area (Å²) < 4.78 is 5.02. The van der Waals surface area contributed by atoms with Crippen molar-refractivity contribution < 1.29 is 14.6 Å². The molecule has 2 aromatic rings. The molecule has 0 aliphatic heterocycles. The number of aromatic hydroxyl groups is 1. The minimum atomic E-state index is -0.193. The summed E-state index contributed by atoms with van der Waals surface area (Å²) in [7, 11) is 1.43. The van der Waals surface area contributed by atoms with Gasteiger partial charge in [0.15, 0.2) is 17.3 Å². The van der Waals surface area contributed by atoms with Crippen molar-refractivity contribution in [3.05, 3.63) is 53.1 Å². The number of phenolic OH excluding ortho intramolecular Hbond substituents is 1. The van der Waals surface area contributed by atoms with Gasteiger partial charge >= 0.3 is 0 Å². The summed E-state index contributed by atoms with van der Waals surface area (Å²) in [5.74, 6) is 0.363. The van der Waals surface area contributed by atoms with Gasteiger partial charge in [-0.2, -0.15) is 0 Å². The number of ketones is 1. The third-order valence-electron chi connectivity index (χ3n) is 3.44. The third kappa shape index (κ3) is 2.99. The number of benzene rings is 2. The molecule has 21 heavy (non-hydrogen) atoms. The molecule has 2 rings (SSSR count). The second-order valence-corrected chi connectivity index (χ2v) is 5.22. The minimum absolute atomic E-state index is 0.0818. The topological polar surface area (TPSA) is 72.5 Å². The van der Waals surface area contributed by atoms with Gasteiger partial charge in [-0.25, -0.2) is 0 Å². The predicted molar refractivity (Wildman–Crippen MR) is 83.0 cm³/mol. The molecule has 4 nitrogen and oxygen atoms in total. The zero-order chi connectivity index (χ0) is 15.6. The largest absolute Gasteiger partial charge is 0.504 e. The Morgan fingerprint density at radius 1 is 1.19 bits per heavy atom. The summed E-state index contributed by atoms with van der Waals surface area (Å²) in [6.45, 7) is 4.19. The molecule has 0 spiro atoms. The molecule has 2 aromatic carbocycles. The van der Waals surface area contributed by atoms with Gasteiger partial charge in [-0.1, -0.05) is 38.1 Å². The highest BCUT2D eigenvalue weighted by Crippen LogP contribution is 2.32. The van der Waals surface area contributed by atoms with Gasteiger partial charge in [0.05, 0.1) is 7.11 Å². The summed E-state index contributed by atoms with van der Waals surface area (Å²) in [6.07, 6.45) is 0. The van der Waals surface area contributed by atoms with E-state index in [1.165, 1.54) is 24.8 Å². The Kier molecular flexibility index (Phi) is 4.17. The Labute approximate surface area is 124 Å². The lowest BCUT2D eigenvalue weighted by molar-refractivity contribution is 0.103. The molecule has 0 fully saturated rings. The number of hydrogen-bond acceptors (Lipinski definition) is 4. The van der Waals surface area contributed by atoms with Crippen LogP contribution in [0.5, 0.6) is 11.5 Å². The second kappa shape index (κ2) is 5.87. The Morgan fingerprint density at radius 3 is 2.33 bits per heavy atom. The lowest BCUT2D eigenvalue weighted by Crippen LogP contribution is -2.06. The Balaban J connectivity index is 2.40. The van der Waals surface area contributed by atoms with Gasteiger partial charge in [0.25, 0.3) is 0 Å². The molecule has 0 aliphatic rings. The molecule has 4 heteroatoms. The van der Waals surface area contributed by atoms with Crippen LogP contribution in [0.1, 0.15) is 41.3 Å².